The summed E-state index contributed by atoms with van der Waals surface area (Å²) in [6.45, 7) is 4.41. The highest BCUT2D eigenvalue weighted by Crippen LogP contribution is 2.35. The van der Waals surface area contributed by atoms with Crippen molar-refractivity contribution in [3.63, 3.8) is 0 Å². The monoisotopic (exact) mass is 343 g/mol. The molecule has 3 aliphatic rings. The summed E-state index contributed by atoms with van der Waals surface area (Å²) < 4.78 is 0. The number of hydrogen-bond donors (Lipinski definition) is 1. The van der Waals surface area contributed by atoms with Gasteiger partial charge in [0.15, 0.2) is 0 Å². The van der Waals surface area contributed by atoms with Crippen molar-refractivity contribution < 1.29 is 9.59 Å². The Kier molecular flexibility index (Phi) is 4.33. The first kappa shape index (κ1) is 16.3. The van der Waals surface area contributed by atoms with Gasteiger partial charge in [-0.1, -0.05) is 0 Å². The Balaban J connectivity index is 1.57. The van der Waals surface area contributed by atoms with Crippen LogP contribution in [0.3, 0.4) is 0 Å². The Morgan fingerprint density at radius 3 is 2.92 bits per heavy atom. The van der Waals surface area contributed by atoms with Gasteiger partial charge in [-0.2, -0.15) is 0 Å². The number of fused-ring (bicyclic) bond motifs is 1. The molecule has 1 aromatic rings. The molecule has 1 aliphatic carbocycles. The molecule has 7 heteroatoms. The van der Waals surface area contributed by atoms with Crippen LogP contribution in [0.5, 0.6) is 0 Å². The summed E-state index contributed by atoms with van der Waals surface area (Å²) in [7, 11) is 2.08. The van der Waals surface area contributed by atoms with Crippen LogP contribution in [-0.4, -0.2) is 72.9 Å². The van der Waals surface area contributed by atoms with Gasteiger partial charge in [0, 0.05) is 32.4 Å². The normalized spacial score (nSPS) is 21.6. The van der Waals surface area contributed by atoms with E-state index in [0.717, 1.165) is 44.8 Å². The van der Waals surface area contributed by atoms with Gasteiger partial charge in [0.25, 0.3) is 5.91 Å². The van der Waals surface area contributed by atoms with Gasteiger partial charge in [-0.05, 0) is 44.8 Å². The van der Waals surface area contributed by atoms with E-state index in [-0.39, 0.29) is 18.4 Å². The van der Waals surface area contributed by atoms with Crippen LogP contribution in [0.15, 0.2) is 12.3 Å². The highest BCUT2D eigenvalue weighted by molar-refractivity contribution is 6.04. The van der Waals surface area contributed by atoms with Crippen LogP contribution in [0.2, 0.25) is 0 Å². The largest absolute Gasteiger partial charge is 0.359 e. The smallest absolute Gasteiger partial charge is 0.255 e. The first-order valence-electron chi connectivity index (χ1n) is 9.14. The molecular weight excluding hydrogens is 318 g/mol. The number of hydrogen-bond acceptors (Lipinski definition) is 5. The average Bonchev–Trinajstić information content (AvgIpc) is 3.44. The molecule has 134 valence electrons. The molecule has 2 fully saturated rings. The number of carbonyl (C=O) groups is 2. The van der Waals surface area contributed by atoms with Crippen molar-refractivity contribution in [1.82, 2.24) is 14.8 Å². The molecule has 4 rings (SSSR count). The zero-order valence-electron chi connectivity index (χ0n) is 14.7. The van der Waals surface area contributed by atoms with Crippen LogP contribution >= 0.6 is 0 Å². The second-order valence-electron chi connectivity index (χ2n) is 7.34. The summed E-state index contributed by atoms with van der Waals surface area (Å²) in [4.78, 5) is 35.6. The zero-order valence-corrected chi connectivity index (χ0v) is 14.7. The third-order valence-electron chi connectivity index (χ3n) is 5.26. The van der Waals surface area contributed by atoms with E-state index in [4.69, 9.17) is 0 Å². The molecule has 0 unspecified atom stereocenters. The van der Waals surface area contributed by atoms with Gasteiger partial charge in [-0.3, -0.25) is 9.59 Å². The fraction of sp³-hybridized carbons (Fsp3) is 0.611. The Hall–Kier alpha value is -2.15. The van der Waals surface area contributed by atoms with Crippen LogP contribution in [-0.2, 0) is 4.79 Å². The number of pyridine rings is 1. The van der Waals surface area contributed by atoms with E-state index >= 15 is 0 Å². The lowest BCUT2D eigenvalue weighted by atomic mass is 10.1. The number of rotatable bonds is 3. The van der Waals surface area contributed by atoms with E-state index in [0.29, 0.717) is 17.3 Å². The maximum Gasteiger partial charge on any atom is 0.255 e. The van der Waals surface area contributed by atoms with Gasteiger partial charge in [0.1, 0.15) is 5.82 Å². The van der Waals surface area contributed by atoms with Crippen LogP contribution < -0.4 is 10.2 Å². The van der Waals surface area contributed by atoms with Crippen LogP contribution in [0, 0.1) is 5.92 Å². The lowest BCUT2D eigenvalue weighted by molar-refractivity contribution is -0.117. The van der Waals surface area contributed by atoms with E-state index in [1.165, 1.54) is 12.8 Å². The Morgan fingerprint density at radius 1 is 1.28 bits per heavy atom. The second-order valence-corrected chi connectivity index (χ2v) is 7.34. The second kappa shape index (κ2) is 6.63. The Bertz CT molecular complexity index is 688. The fourth-order valence-corrected chi connectivity index (χ4v) is 3.49. The van der Waals surface area contributed by atoms with Crippen molar-refractivity contribution in [2.75, 3.05) is 56.5 Å². The van der Waals surface area contributed by atoms with Crippen LogP contribution in [0.25, 0.3) is 0 Å². The number of nitrogens with zero attached hydrogens (tertiary/aromatic N) is 4. The fourth-order valence-electron chi connectivity index (χ4n) is 3.49. The molecule has 25 heavy (non-hydrogen) atoms. The summed E-state index contributed by atoms with van der Waals surface area (Å²) in [5.74, 6) is 1.36. The highest BCUT2D eigenvalue weighted by Gasteiger charge is 2.32. The van der Waals surface area contributed by atoms with E-state index in [2.05, 4.69) is 22.2 Å². The maximum absolute atomic E-state index is 12.9. The molecule has 0 aromatic carbocycles. The quantitative estimate of drug-likeness (QED) is 0.888. The van der Waals surface area contributed by atoms with E-state index in [9.17, 15) is 9.59 Å². The molecule has 0 spiro atoms. The summed E-state index contributed by atoms with van der Waals surface area (Å²) in [6.07, 6.45) is 4.97. The molecule has 3 heterocycles. The van der Waals surface area contributed by atoms with Crippen molar-refractivity contribution in [1.29, 1.82) is 0 Å². The molecule has 2 aliphatic heterocycles. The molecule has 1 saturated carbocycles. The third kappa shape index (κ3) is 3.46. The van der Waals surface area contributed by atoms with Gasteiger partial charge >= 0.3 is 0 Å². The first-order valence-corrected chi connectivity index (χ1v) is 9.14. The number of amides is 2. The third-order valence-corrected chi connectivity index (χ3v) is 5.26. The van der Waals surface area contributed by atoms with Crippen molar-refractivity contribution >= 4 is 23.3 Å². The van der Waals surface area contributed by atoms with Crippen molar-refractivity contribution in [2.45, 2.75) is 19.3 Å². The summed E-state index contributed by atoms with van der Waals surface area (Å²) in [6, 6.07) is 1.84. The molecule has 1 N–H and O–H groups in total. The number of nitrogens with one attached hydrogen (secondary N) is 1. The summed E-state index contributed by atoms with van der Waals surface area (Å²) >= 11 is 0. The van der Waals surface area contributed by atoms with Crippen LogP contribution in [0.1, 0.15) is 29.6 Å². The number of carbonyl (C=O) groups excluding carboxylic acids is 2. The Labute approximate surface area is 148 Å². The molecule has 1 aromatic heterocycles. The van der Waals surface area contributed by atoms with Gasteiger partial charge in [-0.15, -0.1) is 0 Å². The minimum absolute atomic E-state index is 0.00925. The summed E-state index contributed by atoms with van der Waals surface area (Å²) in [5, 5.41) is 3.06. The number of anilines is 2. The van der Waals surface area contributed by atoms with Gasteiger partial charge in [0.05, 0.1) is 17.8 Å². The molecule has 0 radical (unpaired) electrons. The topological polar surface area (TPSA) is 68.8 Å². The van der Waals surface area contributed by atoms with Crippen molar-refractivity contribution in [3.05, 3.63) is 17.8 Å². The highest BCUT2D eigenvalue weighted by atomic mass is 16.2. The average molecular weight is 343 g/mol. The predicted octanol–water partition coefficient (Wildman–Crippen LogP) is 1.03. The van der Waals surface area contributed by atoms with E-state index < -0.39 is 0 Å². The summed E-state index contributed by atoms with van der Waals surface area (Å²) in [5.41, 5.74) is 1.32. The maximum atomic E-state index is 12.9. The standard InChI is InChI=1S/C18H25N5O2/c1-21-5-2-6-22(8-7-21)18(25)14-9-15-17(19-10-14)20-11-16(24)23(15)12-13-3-4-13/h9-10,13H,2-8,11-12H2,1H3,(H,19,20). The minimum Gasteiger partial charge on any atom is -0.359 e. The van der Waals surface area contributed by atoms with Crippen molar-refractivity contribution in [2.24, 2.45) is 5.92 Å². The van der Waals surface area contributed by atoms with Gasteiger partial charge in [-0.25, -0.2) is 4.98 Å². The first-order chi connectivity index (χ1) is 12.1. The van der Waals surface area contributed by atoms with Gasteiger partial charge in [0.2, 0.25) is 5.91 Å². The minimum atomic E-state index is 0.00925. The lowest BCUT2D eigenvalue weighted by Crippen LogP contribution is -2.42. The molecule has 7 nitrogen and oxygen atoms in total. The molecule has 0 atom stereocenters. The molecule has 1 saturated heterocycles. The van der Waals surface area contributed by atoms with Crippen molar-refractivity contribution in [3.8, 4) is 0 Å². The SMILES string of the molecule is CN1CCCN(C(=O)c2cnc3c(c2)N(CC2CC2)C(=O)CN3)CC1. The molecular formula is C18H25N5O2. The van der Waals surface area contributed by atoms with E-state index in [1.807, 2.05) is 15.9 Å². The predicted molar refractivity (Wildman–Crippen MR) is 95.8 cm³/mol. The lowest BCUT2D eigenvalue weighted by Gasteiger charge is -2.30. The molecule has 0 bridgehead atoms. The van der Waals surface area contributed by atoms with Crippen LogP contribution in [0.4, 0.5) is 11.5 Å². The number of aromatic nitrogens is 1. The Morgan fingerprint density at radius 2 is 2.12 bits per heavy atom. The van der Waals surface area contributed by atoms with E-state index in [1.54, 1.807) is 6.20 Å². The molecule has 2 amide bonds. The zero-order chi connectivity index (χ0) is 17.4. The number of likely N-dealkylation sites (N-methyl/N-ethyl adjacent to an activating group) is 1. The van der Waals surface area contributed by atoms with Gasteiger partial charge < -0.3 is 20.0 Å².